The highest BCUT2D eigenvalue weighted by Gasteiger charge is 2.21. The number of aryl methyl sites for hydroxylation is 2. The van der Waals surface area contributed by atoms with Crippen molar-refractivity contribution in [3.05, 3.63) is 111 Å². The third kappa shape index (κ3) is 3.67. The van der Waals surface area contributed by atoms with Crippen LogP contribution in [0.4, 0.5) is 0 Å². The number of aromatic nitrogens is 5. The van der Waals surface area contributed by atoms with Gasteiger partial charge in [-0.05, 0) is 43.2 Å². The fraction of sp³-hybridized carbons (Fsp3) is 0.143. The molecule has 0 radical (unpaired) electrons. The number of rotatable bonds is 4. The van der Waals surface area contributed by atoms with Gasteiger partial charge in [0.05, 0.1) is 24.1 Å². The van der Waals surface area contributed by atoms with Gasteiger partial charge in [-0.25, -0.2) is 15.0 Å². The van der Waals surface area contributed by atoms with Crippen LogP contribution in [0.3, 0.4) is 0 Å². The second-order valence-corrected chi connectivity index (χ2v) is 9.20. The van der Waals surface area contributed by atoms with Gasteiger partial charge in [-0.3, -0.25) is 9.36 Å². The van der Waals surface area contributed by atoms with Crippen LogP contribution in [-0.4, -0.2) is 24.1 Å². The fourth-order valence-electron chi connectivity index (χ4n) is 4.51. The first-order valence-corrected chi connectivity index (χ1v) is 11.8. The highest BCUT2D eigenvalue weighted by Crippen LogP contribution is 2.27. The average molecular weight is 480 g/mol. The maximum absolute atomic E-state index is 13.9. The first kappa shape index (κ1) is 21.5. The zero-order valence-electron chi connectivity index (χ0n) is 19.4. The van der Waals surface area contributed by atoms with Crippen LogP contribution in [0, 0.1) is 13.8 Å². The minimum Gasteiger partial charge on any atom is -0.304 e. The summed E-state index contributed by atoms with van der Waals surface area (Å²) in [4.78, 5) is 28.6. The molecule has 0 aliphatic heterocycles. The Morgan fingerprint density at radius 1 is 0.743 bits per heavy atom. The van der Waals surface area contributed by atoms with Crippen molar-refractivity contribution in [3.63, 3.8) is 0 Å². The van der Waals surface area contributed by atoms with Crippen molar-refractivity contribution >= 4 is 44.8 Å². The molecule has 0 unspecified atom stereocenters. The third-order valence-corrected chi connectivity index (χ3v) is 6.76. The summed E-state index contributed by atoms with van der Waals surface area (Å²) in [6.45, 7) is 4.78. The molecule has 3 heterocycles. The van der Waals surface area contributed by atoms with Crippen LogP contribution in [0.5, 0.6) is 0 Å². The number of halogens is 1. The van der Waals surface area contributed by atoms with Crippen molar-refractivity contribution < 1.29 is 0 Å². The standard InChI is InChI=1S/C28H22ClN5O/c1-17-11-13-19(14-12-17)15-34-26-24(25-27(34)32-23-10-6-5-9-22(23)31-25)28(35)33(18(2)30-26)16-20-7-3-4-8-21(20)29/h3-14H,15-16H2,1-2H3. The summed E-state index contributed by atoms with van der Waals surface area (Å²) in [5.74, 6) is 0.611. The molecule has 0 spiro atoms. The van der Waals surface area contributed by atoms with Gasteiger partial charge in [-0.1, -0.05) is 71.8 Å². The summed E-state index contributed by atoms with van der Waals surface area (Å²) in [7, 11) is 0. The Labute approximate surface area is 206 Å². The molecule has 0 N–H and O–H groups in total. The molecule has 0 atom stereocenters. The van der Waals surface area contributed by atoms with Gasteiger partial charge in [0.15, 0.2) is 11.3 Å². The smallest absolute Gasteiger partial charge is 0.265 e. The van der Waals surface area contributed by atoms with E-state index >= 15 is 0 Å². The number of benzene rings is 3. The maximum atomic E-state index is 13.9. The summed E-state index contributed by atoms with van der Waals surface area (Å²) < 4.78 is 3.67. The second kappa shape index (κ2) is 8.32. The molecule has 6 aromatic rings. The van der Waals surface area contributed by atoms with Crippen LogP contribution in [-0.2, 0) is 13.1 Å². The first-order chi connectivity index (χ1) is 17.0. The molecule has 0 saturated heterocycles. The molecule has 0 aliphatic rings. The normalized spacial score (nSPS) is 11.6. The minimum absolute atomic E-state index is 0.148. The predicted octanol–water partition coefficient (Wildman–Crippen LogP) is 5.66. The van der Waals surface area contributed by atoms with Crippen LogP contribution in [0.1, 0.15) is 22.5 Å². The zero-order valence-corrected chi connectivity index (χ0v) is 20.1. The predicted molar refractivity (Wildman–Crippen MR) is 140 cm³/mol. The van der Waals surface area contributed by atoms with Gasteiger partial charge in [0.1, 0.15) is 16.7 Å². The molecule has 0 fully saturated rings. The first-order valence-electron chi connectivity index (χ1n) is 11.4. The van der Waals surface area contributed by atoms with Gasteiger partial charge in [-0.15, -0.1) is 0 Å². The van der Waals surface area contributed by atoms with Gasteiger partial charge in [0.25, 0.3) is 5.56 Å². The lowest BCUT2D eigenvalue weighted by atomic mass is 10.1. The number of para-hydroxylation sites is 2. The summed E-state index contributed by atoms with van der Waals surface area (Å²) in [6.07, 6.45) is 0. The van der Waals surface area contributed by atoms with E-state index in [4.69, 9.17) is 26.6 Å². The molecule has 0 aliphatic carbocycles. The number of fused-ring (bicyclic) bond motifs is 4. The van der Waals surface area contributed by atoms with Crippen LogP contribution < -0.4 is 5.56 Å². The van der Waals surface area contributed by atoms with Gasteiger partial charge >= 0.3 is 0 Å². The van der Waals surface area contributed by atoms with E-state index in [0.717, 1.165) is 22.2 Å². The van der Waals surface area contributed by atoms with Crippen LogP contribution in [0.15, 0.2) is 77.6 Å². The number of nitrogens with zero attached hydrogens (tertiary/aromatic N) is 5. The van der Waals surface area contributed by atoms with Gasteiger partial charge in [-0.2, -0.15) is 0 Å². The Bertz CT molecular complexity index is 1800. The van der Waals surface area contributed by atoms with Gasteiger partial charge in [0, 0.05) is 5.02 Å². The van der Waals surface area contributed by atoms with Crippen molar-refractivity contribution in [3.8, 4) is 0 Å². The number of hydrogen-bond donors (Lipinski definition) is 0. The largest absolute Gasteiger partial charge is 0.304 e. The highest BCUT2D eigenvalue weighted by molar-refractivity contribution is 6.31. The van der Waals surface area contributed by atoms with Crippen LogP contribution in [0.25, 0.3) is 33.2 Å². The summed E-state index contributed by atoms with van der Waals surface area (Å²) in [5, 5.41) is 1.09. The monoisotopic (exact) mass is 479 g/mol. The average Bonchev–Trinajstić information content (AvgIpc) is 3.14. The Hall–Kier alpha value is -4.03. The third-order valence-electron chi connectivity index (χ3n) is 6.39. The second-order valence-electron chi connectivity index (χ2n) is 8.80. The molecule has 0 amide bonds. The number of hydrogen-bond acceptors (Lipinski definition) is 4. The van der Waals surface area contributed by atoms with Crippen molar-refractivity contribution in [2.45, 2.75) is 26.9 Å². The van der Waals surface area contributed by atoms with E-state index in [1.807, 2.05) is 60.0 Å². The zero-order chi connectivity index (χ0) is 24.1. The molecule has 3 aromatic heterocycles. The molecular formula is C28H22ClN5O. The Morgan fingerprint density at radius 2 is 1.43 bits per heavy atom. The maximum Gasteiger partial charge on any atom is 0.265 e. The molecule has 0 bridgehead atoms. The van der Waals surface area contributed by atoms with E-state index in [9.17, 15) is 4.79 Å². The summed E-state index contributed by atoms with van der Waals surface area (Å²) in [6, 6.07) is 23.6. The molecule has 6 rings (SSSR count). The van der Waals surface area contributed by atoms with Crippen molar-refractivity contribution in [1.29, 1.82) is 0 Å². The molecule has 172 valence electrons. The molecule has 0 saturated carbocycles. The lowest BCUT2D eigenvalue weighted by molar-refractivity contribution is 0.707. The summed E-state index contributed by atoms with van der Waals surface area (Å²) in [5.41, 5.74) is 6.34. The fourth-order valence-corrected chi connectivity index (χ4v) is 4.70. The summed E-state index contributed by atoms with van der Waals surface area (Å²) >= 11 is 6.40. The van der Waals surface area contributed by atoms with E-state index in [-0.39, 0.29) is 5.56 Å². The van der Waals surface area contributed by atoms with Crippen LogP contribution >= 0.6 is 11.6 Å². The van der Waals surface area contributed by atoms with Gasteiger partial charge < -0.3 is 4.57 Å². The molecular weight excluding hydrogens is 458 g/mol. The SMILES string of the molecule is Cc1ccc(Cn2c3nc4ccccc4nc3c3c(=O)n(Cc4ccccc4Cl)c(C)nc32)cc1. The Kier molecular flexibility index (Phi) is 5.11. The Balaban J connectivity index is 1.65. The van der Waals surface area contributed by atoms with E-state index in [1.54, 1.807) is 4.57 Å². The van der Waals surface area contributed by atoms with Gasteiger partial charge in [0.2, 0.25) is 0 Å². The van der Waals surface area contributed by atoms with Crippen LogP contribution in [0.2, 0.25) is 5.02 Å². The molecule has 3 aromatic carbocycles. The van der Waals surface area contributed by atoms with E-state index in [1.165, 1.54) is 5.56 Å². The molecule has 7 heteroatoms. The highest BCUT2D eigenvalue weighted by atomic mass is 35.5. The Morgan fingerprint density at radius 3 is 2.17 bits per heavy atom. The van der Waals surface area contributed by atoms with E-state index in [2.05, 4.69) is 31.2 Å². The topological polar surface area (TPSA) is 65.6 Å². The quantitative estimate of drug-likeness (QED) is 0.327. The van der Waals surface area contributed by atoms with E-state index in [0.29, 0.717) is 46.1 Å². The lowest BCUT2D eigenvalue weighted by Crippen LogP contribution is -2.25. The molecule has 6 nitrogen and oxygen atoms in total. The molecule has 35 heavy (non-hydrogen) atoms. The van der Waals surface area contributed by atoms with E-state index < -0.39 is 0 Å². The van der Waals surface area contributed by atoms with Crippen molar-refractivity contribution in [1.82, 2.24) is 24.1 Å². The minimum atomic E-state index is -0.148. The van der Waals surface area contributed by atoms with Crippen molar-refractivity contribution in [2.24, 2.45) is 0 Å². The van der Waals surface area contributed by atoms with Crippen molar-refractivity contribution in [2.75, 3.05) is 0 Å². The lowest BCUT2D eigenvalue weighted by Gasteiger charge is -2.12.